The van der Waals surface area contributed by atoms with Crippen molar-refractivity contribution in [3.8, 4) is 0 Å². The molecular weight excluding hydrogens is 255 g/mol. The van der Waals surface area contributed by atoms with E-state index in [9.17, 15) is 14.0 Å². The normalized spacial score (nSPS) is 22.2. The third-order valence-corrected chi connectivity index (χ3v) is 3.17. The van der Waals surface area contributed by atoms with Gasteiger partial charge in [-0.2, -0.15) is 4.39 Å². The summed E-state index contributed by atoms with van der Waals surface area (Å²) < 4.78 is 18.5. The van der Waals surface area contributed by atoms with Gasteiger partial charge in [-0.25, -0.2) is 4.98 Å². The third kappa shape index (κ3) is 2.55. The summed E-state index contributed by atoms with van der Waals surface area (Å²) in [5.74, 6) is -3.31. The van der Waals surface area contributed by atoms with Gasteiger partial charge in [0.1, 0.15) is 5.92 Å². The number of ether oxygens (including phenoxy) is 1. The average Bonchev–Trinajstić information content (AvgIpc) is 2.87. The second-order valence-corrected chi connectivity index (χ2v) is 4.31. The molecule has 1 N–H and O–H groups in total. The fourth-order valence-corrected chi connectivity index (χ4v) is 2.05. The lowest BCUT2D eigenvalue weighted by atomic mass is 10.0. The molecule has 2 heterocycles. The van der Waals surface area contributed by atoms with E-state index in [-0.39, 0.29) is 18.8 Å². The molecule has 1 aliphatic heterocycles. The molecule has 1 fully saturated rings. The van der Waals surface area contributed by atoms with Crippen molar-refractivity contribution in [1.29, 1.82) is 0 Å². The van der Waals surface area contributed by atoms with Crippen LogP contribution >= 0.6 is 0 Å². The first-order valence-corrected chi connectivity index (χ1v) is 5.70. The molecule has 6 nitrogen and oxygen atoms in total. The number of aromatic nitrogens is 1. The Balaban J connectivity index is 2.20. The van der Waals surface area contributed by atoms with Gasteiger partial charge in [-0.05, 0) is 12.1 Å². The van der Waals surface area contributed by atoms with E-state index in [0.717, 1.165) is 0 Å². The lowest BCUT2D eigenvalue weighted by Gasteiger charge is -2.26. The lowest BCUT2D eigenvalue weighted by Crippen LogP contribution is -2.44. The molecule has 19 heavy (non-hydrogen) atoms. The molecule has 2 rings (SSSR count). The van der Waals surface area contributed by atoms with Crippen LogP contribution in [0, 0.1) is 11.9 Å². The maximum Gasteiger partial charge on any atom is 0.311 e. The van der Waals surface area contributed by atoms with Crippen LogP contribution in [-0.4, -0.2) is 53.2 Å². The van der Waals surface area contributed by atoms with Crippen LogP contribution in [0.3, 0.4) is 0 Å². The van der Waals surface area contributed by atoms with Gasteiger partial charge in [0, 0.05) is 13.2 Å². The molecule has 0 saturated carbocycles. The molecule has 1 aromatic heterocycles. The molecule has 0 radical (unpaired) electrons. The summed E-state index contributed by atoms with van der Waals surface area (Å²) in [4.78, 5) is 27.8. The number of carbonyl (C=O) groups is 2. The Labute approximate surface area is 108 Å². The van der Waals surface area contributed by atoms with Gasteiger partial charge in [-0.3, -0.25) is 9.59 Å². The van der Waals surface area contributed by atoms with Crippen molar-refractivity contribution in [2.45, 2.75) is 6.04 Å². The second-order valence-electron chi connectivity index (χ2n) is 4.31. The van der Waals surface area contributed by atoms with Gasteiger partial charge in [0.25, 0.3) is 5.91 Å². The number of carbonyl (C=O) groups excluding carboxylic acids is 1. The summed E-state index contributed by atoms with van der Waals surface area (Å²) in [6.07, 6.45) is 1.24. The molecule has 7 heteroatoms. The second kappa shape index (κ2) is 5.31. The van der Waals surface area contributed by atoms with E-state index in [2.05, 4.69) is 4.98 Å². The van der Waals surface area contributed by atoms with Gasteiger partial charge in [0.2, 0.25) is 5.95 Å². The molecule has 2 unspecified atom stereocenters. The fraction of sp³-hybridized carbons (Fsp3) is 0.417. The van der Waals surface area contributed by atoms with Gasteiger partial charge < -0.3 is 14.7 Å². The van der Waals surface area contributed by atoms with Crippen LogP contribution in [0.2, 0.25) is 0 Å². The van der Waals surface area contributed by atoms with Crippen molar-refractivity contribution < 1.29 is 23.8 Å². The molecule has 1 aromatic rings. The molecule has 1 aliphatic rings. The number of aliphatic carboxylic acids is 1. The predicted molar refractivity (Wildman–Crippen MR) is 62.0 cm³/mol. The Kier molecular flexibility index (Phi) is 3.75. The van der Waals surface area contributed by atoms with Crippen molar-refractivity contribution in [3.63, 3.8) is 0 Å². The number of amides is 1. The number of hydrogen-bond acceptors (Lipinski definition) is 4. The number of rotatable bonds is 3. The monoisotopic (exact) mass is 268 g/mol. The Morgan fingerprint density at radius 1 is 1.53 bits per heavy atom. The standard InChI is InChI=1S/C12H13FN2O4/c1-15(9-6-19-5-8(9)12(17)18)11(16)7-3-2-4-14-10(7)13/h2-4,8-9H,5-6H2,1H3,(H,17,18). The summed E-state index contributed by atoms with van der Waals surface area (Å²) in [6.45, 7) is 0.175. The van der Waals surface area contributed by atoms with Crippen molar-refractivity contribution in [2.75, 3.05) is 20.3 Å². The summed E-state index contributed by atoms with van der Waals surface area (Å²) in [6, 6.07) is 2.15. The Morgan fingerprint density at radius 2 is 2.26 bits per heavy atom. The lowest BCUT2D eigenvalue weighted by molar-refractivity contribution is -0.142. The zero-order valence-electron chi connectivity index (χ0n) is 10.2. The average molecular weight is 268 g/mol. The summed E-state index contributed by atoms with van der Waals surface area (Å²) >= 11 is 0. The van der Waals surface area contributed by atoms with Crippen LogP contribution in [0.25, 0.3) is 0 Å². The van der Waals surface area contributed by atoms with E-state index < -0.39 is 29.8 Å². The Morgan fingerprint density at radius 3 is 2.89 bits per heavy atom. The number of carboxylic acid groups (broad SMARTS) is 1. The van der Waals surface area contributed by atoms with Crippen LogP contribution < -0.4 is 0 Å². The van der Waals surface area contributed by atoms with Crippen molar-refractivity contribution in [3.05, 3.63) is 29.8 Å². The van der Waals surface area contributed by atoms with E-state index in [1.165, 1.54) is 30.3 Å². The van der Waals surface area contributed by atoms with Crippen LogP contribution in [0.15, 0.2) is 18.3 Å². The SMILES string of the molecule is CN(C(=O)c1cccnc1F)C1COCC1C(=O)O. The van der Waals surface area contributed by atoms with E-state index in [1.807, 2.05) is 0 Å². The minimum atomic E-state index is -1.03. The molecule has 1 saturated heterocycles. The Hall–Kier alpha value is -2.02. The zero-order chi connectivity index (χ0) is 14.0. The van der Waals surface area contributed by atoms with E-state index in [0.29, 0.717) is 0 Å². The first kappa shape index (κ1) is 13.4. The van der Waals surface area contributed by atoms with Crippen molar-refractivity contribution >= 4 is 11.9 Å². The Bertz CT molecular complexity index is 508. The molecule has 2 atom stereocenters. The summed E-state index contributed by atoms with van der Waals surface area (Å²) in [5, 5.41) is 9.04. The van der Waals surface area contributed by atoms with Crippen LogP contribution in [0.1, 0.15) is 10.4 Å². The van der Waals surface area contributed by atoms with Crippen LogP contribution in [0.5, 0.6) is 0 Å². The minimum Gasteiger partial charge on any atom is -0.481 e. The number of hydrogen-bond donors (Lipinski definition) is 1. The summed E-state index contributed by atoms with van der Waals surface area (Å²) in [7, 11) is 1.43. The molecule has 1 amide bonds. The first-order valence-electron chi connectivity index (χ1n) is 5.70. The van der Waals surface area contributed by atoms with E-state index >= 15 is 0 Å². The maximum absolute atomic E-state index is 13.4. The van der Waals surface area contributed by atoms with Crippen LogP contribution in [-0.2, 0) is 9.53 Å². The van der Waals surface area contributed by atoms with Crippen molar-refractivity contribution in [2.24, 2.45) is 5.92 Å². The predicted octanol–water partition coefficient (Wildman–Crippen LogP) is 0.392. The highest BCUT2D eigenvalue weighted by Gasteiger charge is 2.39. The molecule has 0 aliphatic carbocycles. The molecule has 0 aromatic carbocycles. The molecule has 0 spiro atoms. The van der Waals surface area contributed by atoms with Gasteiger partial charge >= 0.3 is 5.97 Å². The van der Waals surface area contributed by atoms with E-state index in [1.54, 1.807) is 0 Å². The highest BCUT2D eigenvalue weighted by atomic mass is 19.1. The van der Waals surface area contributed by atoms with Gasteiger partial charge in [-0.1, -0.05) is 0 Å². The van der Waals surface area contributed by atoms with Gasteiger partial charge in [-0.15, -0.1) is 0 Å². The number of carboxylic acids is 1. The largest absolute Gasteiger partial charge is 0.481 e. The number of halogens is 1. The summed E-state index contributed by atoms with van der Waals surface area (Å²) in [5.41, 5.74) is -0.180. The molecule has 102 valence electrons. The number of nitrogens with zero attached hydrogens (tertiary/aromatic N) is 2. The highest BCUT2D eigenvalue weighted by Crippen LogP contribution is 2.21. The van der Waals surface area contributed by atoms with Crippen molar-refractivity contribution in [1.82, 2.24) is 9.88 Å². The number of pyridine rings is 1. The molecular formula is C12H13FN2O4. The zero-order valence-corrected chi connectivity index (χ0v) is 10.2. The van der Waals surface area contributed by atoms with Gasteiger partial charge in [0.05, 0.1) is 24.8 Å². The van der Waals surface area contributed by atoms with Crippen LogP contribution in [0.4, 0.5) is 4.39 Å². The fourth-order valence-electron chi connectivity index (χ4n) is 2.05. The quantitative estimate of drug-likeness (QED) is 0.802. The first-order chi connectivity index (χ1) is 9.02. The maximum atomic E-state index is 13.4. The molecule has 0 bridgehead atoms. The third-order valence-electron chi connectivity index (χ3n) is 3.17. The topological polar surface area (TPSA) is 79.7 Å². The smallest absolute Gasteiger partial charge is 0.311 e. The van der Waals surface area contributed by atoms with Gasteiger partial charge in [0.15, 0.2) is 0 Å². The number of likely N-dealkylation sites (N-methyl/N-ethyl adjacent to an activating group) is 1. The van der Waals surface area contributed by atoms with E-state index in [4.69, 9.17) is 9.84 Å². The minimum absolute atomic E-state index is 0.0488. The highest BCUT2D eigenvalue weighted by molar-refractivity contribution is 5.94.